The first-order valence-electron chi connectivity index (χ1n) is 8.99. The van der Waals surface area contributed by atoms with Crippen LogP contribution in [-0.2, 0) is 20.0 Å². The zero-order chi connectivity index (χ0) is 18.9. The van der Waals surface area contributed by atoms with Gasteiger partial charge in [-0.15, -0.1) is 0 Å². The Bertz CT molecular complexity index is 858. The van der Waals surface area contributed by atoms with E-state index in [9.17, 15) is 16.8 Å². The smallest absolute Gasteiger partial charge is 0.243 e. The van der Waals surface area contributed by atoms with Crippen LogP contribution < -0.4 is 5.32 Å². The lowest BCUT2D eigenvalue weighted by atomic mass is 10.2. The molecule has 1 aromatic rings. The number of nitrogens with zero attached hydrogens (tertiary/aromatic N) is 2. The molecule has 0 unspecified atom stereocenters. The van der Waals surface area contributed by atoms with E-state index in [0.717, 1.165) is 18.4 Å². The second-order valence-corrected chi connectivity index (χ2v) is 11.0. The summed E-state index contributed by atoms with van der Waals surface area (Å²) in [6.07, 6.45) is 1.58. The second-order valence-electron chi connectivity index (χ2n) is 7.08. The molecule has 0 atom stereocenters. The fourth-order valence-corrected chi connectivity index (χ4v) is 6.77. The number of benzene rings is 1. The molecule has 3 rings (SSSR count). The van der Waals surface area contributed by atoms with Crippen LogP contribution in [0.1, 0.15) is 24.0 Å². The number of sulfonamides is 2. The Morgan fingerprint density at radius 1 is 1.12 bits per heavy atom. The molecule has 0 spiro atoms. The van der Waals surface area contributed by atoms with Gasteiger partial charge in [-0.1, -0.05) is 12.1 Å². The Hall–Kier alpha value is -1.00. The molecular weight excluding hydrogens is 374 g/mol. The van der Waals surface area contributed by atoms with Gasteiger partial charge in [0.2, 0.25) is 20.0 Å². The van der Waals surface area contributed by atoms with Gasteiger partial charge in [0.25, 0.3) is 0 Å². The third-order valence-electron chi connectivity index (χ3n) is 4.92. The Balaban J connectivity index is 1.80. The molecule has 1 N–H and O–H groups in total. The Labute approximate surface area is 156 Å². The van der Waals surface area contributed by atoms with Gasteiger partial charge in [-0.05, 0) is 43.9 Å². The van der Waals surface area contributed by atoms with Gasteiger partial charge in [-0.25, -0.2) is 16.8 Å². The van der Waals surface area contributed by atoms with Gasteiger partial charge in [0.1, 0.15) is 0 Å². The molecule has 26 heavy (non-hydrogen) atoms. The summed E-state index contributed by atoms with van der Waals surface area (Å²) in [6, 6.07) is 5.26. The summed E-state index contributed by atoms with van der Waals surface area (Å²) < 4.78 is 54.4. The average Bonchev–Trinajstić information content (AvgIpc) is 3.42. The Kier molecular flexibility index (Phi) is 5.74. The monoisotopic (exact) mass is 401 g/mol. The van der Waals surface area contributed by atoms with Crippen LogP contribution in [0.2, 0.25) is 0 Å². The summed E-state index contributed by atoms with van der Waals surface area (Å²) in [5.41, 5.74) is 1.56. The molecule has 2 fully saturated rings. The van der Waals surface area contributed by atoms with Crippen molar-refractivity contribution >= 4 is 20.0 Å². The summed E-state index contributed by atoms with van der Waals surface area (Å²) in [7, 11) is -7.16. The van der Waals surface area contributed by atoms with Gasteiger partial charge in [-0.3, -0.25) is 0 Å². The number of hydrogen-bond donors (Lipinski definition) is 1. The highest BCUT2D eigenvalue weighted by Crippen LogP contribution is 2.33. The molecule has 0 bridgehead atoms. The van der Waals surface area contributed by atoms with E-state index in [4.69, 9.17) is 0 Å². The predicted octanol–water partition coefficient (Wildman–Crippen LogP) is 0.692. The summed E-state index contributed by atoms with van der Waals surface area (Å²) in [5.74, 6) is -0.173. The summed E-state index contributed by atoms with van der Waals surface area (Å²) >= 11 is 0. The molecule has 146 valence electrons. The fraction of sp³-hybridized carbons (Fsp3) is 0.647. The highest BCUT2D eigenvalue weighted by atomic mass is 32.2. The summed E-state index contributed by atoms with van der Waals surface area (Å²) in [5, 5.41) is 3.12. The molecule has 1 heterocycles. The molecule has 0 radical (unpaired) electrons. The molecular formula is C17H27N3O4S2. The van der Waals surface area contributed by atoms with Crippen LogP contribution in [0, 0.1) is 13.8 Å². The van der Waals surface area contributed by atoms with Crippen LogP contribution in [0.4, 0.5) is 0 Å². The van der Waals surface area contributed by atoms with Crippen LogP contribution in [0.25, 0.3) is 0 Å². The van der Waals surface area contributed by atoms with Gasteiger partial charge >= 0.3 is 0 Å². The number of piperazine rings is 1. The standard InChI is InChI=1S/C17H27N3O4S2/c1-14-3-4-15(2)17(13-14)26(23,24)20(16-5-6-16)11-12-25(21,22)19-9-7-18-8-10-19/h3-4,13,16,18H,5-12H2,1-2H3. The van der Waals surface area contributed by atoms with Crippen molar-refractivity contribution in [3.63, 3.8) is 0 Å². The van der Waals surface area contributed by atoms with Crippen molar-refractivity contribution in [3.05, 3.63) is 29.3 Å². The van der Waals surface area contributed by atoms with E-state index in [2.05, 4.69) is 5.32 Å². The third-order valence-corrected chi connectivity index (χ3v) is 8.87. The van der Waals surface area contributed by atoms with Crippen LogP contribution >= 0.6 is 0 Å². The number of nitrogens with one attached hydrogen (secondary N) is 1. The van der Waals surface area contributed by atoms with E-state index in [-0.39, 0.29) is 23.2 Å². The van der Waals surface area contributed by atoms with E-state index in [1.807, 2.05) is 13.0 Å². The maximum absolute atomic E-state index is 13.2. The third kappa shape index (κ3) is 4.28. The van der Waals surface area contributed by atoms with Crippen LogP contribution in [0.3, 0.4) is 0 Å². The normalized spacial score (nSPS) is 19.8. The quantitative estimate of drug-likeness (QED) is 0.726. The summed E-state index contributed by atoms with van der Waals surface area (Å²) in [4.78, 5) is 0.281. The van der Waals surface area contributed by atoms with Gasteiger partial charge < -0.3 is 5.32 Å². The van der Waals surface area contributed by atoms with Crippen molar-refractivity contribution in [3.8, 4) is 0 Å². The molecule has 1 aliphatic heterocycles. The van der Waals surface area contributed by atoms with E-state index in [1.165, 1.54) is 8.61 Å². The minimum Gasteiger partial charge on any atom is -0.314 e. The minimum atomic E-state index is -3.71. The number of hydrogen-bond acceptors (Lipinski definition) is 5. The first kappa shape index (κ1) is 19.8. The van der Waals surface area contributed by atoms with E-state index >= 15 is 0 Å². The van der Waals surface area contributed by atoms with Crippen molar-refractivity contribution < 1.29 is 16.8 Å². The zero-order valence-electron chi connectivity index (χ0n) is 15.3. The average molecular weight is 402 g/mol. The SMILES string of the molecule is Cc1ccc(C)c(S(=O)(=O)N(CCS(=O)(=O)N2CCNCC2)C2CC2)c1. The van der Waals surface area contributed by atoms with Gasteiger partial charge in [-0.2, -0.15) is 8.61 Å². The first-order chi connectivity index (χ1) is 12.2. The molecule has 1 saturated heterocycles. The van der Waals surface area contributed by atoms with E-state index in [0.29, 0.717) is 31.7 Å². The highest BCUT2D eigenvalue weighted by Gasteiger charge is 2.39. The van der Waals surface area contributed by atoms with E-state index < -0.39 is 20.0 Å². The molecule has 1 saturated carbocycles. The van der Waals surface area contributed by atoms with Crippen molar-refractivity contribution in [1.29, 1.82) is 0 Å². The van der Waals surface area contributed by atoms with Gasteiger partial charge in [0.05, 0.1) is 10.6 Å². The maximum atomic E-state index is 13.2. The Morgan fingerprint density at radius 2 is 1.77 bits per heavy atom. The van der Waals surface area contributed by atoms with Gasteiger partial charge in [0, 0.05) is 38.8 Å². The predicted molar refractivity (Wildman–Crippen MR) is 101 cm³/mol. The first-order valence-corrected chi connectivity index (χ1v) is 12.0. The van der Waals surface area contributed by atoms with Crippen LogP contribution in [-0.4, -0.2) is 70.0 Å². The van der Waals surface area contributed by atoms with Crippen LogP contribution in [0.15, 0.2) is 23.1 Å². The molecule has 1 aliphatic carbocycles. The molecule has 9 heteroatoms. The fourth-order valence-electron chi connectivity index (χ4n) is 3.23. The van der Waals surface area contributed by atoms with E-state index in [1.54, 1.807) is 19.1 Å². The minimum absolute atomic E-state index is 0.00659. The second kappa shape index (κ2) is 7.55. The molecule has 2 aliphatic rings. The molecule has 1 aromatic carbocycles. The lowest BCUT2D eigenvalue weighted by Crippen LogP contribution is -2.48. The van der Waals surface area contributed by atoms with Gasteiger partial charge in [0.15, 0.2) is 0 Å². The van der Waals surface area contributed by atoms with Crippen LogP contribution in [0.5, 0.6) is 0 Å². The lowest BCUT2D eigenvalue weighted by Gasteiger charge is -2.28. The number of rotatable bonds is 7. The van der Waals surface area contributed by atoms with Crippen molar-refractivity contribution in [1.82, 2.24) is 13.9 Å². The highest BCUT2D eigenvalue weighted by molar-refractivity contribution is 7.90. The largest absolute Gasteiger partial charge is 0.314 e. The molecule has 7 nitrogen and oxygen atoms in total. The zero-order valence-corrected chi connectivity index (χ0v) is 16.9. The van der Waals surface area contributed by atoms with Crippen molar-refractivity contribution in [2.45, 2.75) is 37.6 Å². The topological polar surface area (TPSA) is 86.8 Å². The van der Waals surface area contributed by atoms with Crippen molar-refractivity contribution in [2.24, 2.45) is 0 Å². The lowest BCUT2D eigenvalue weighted by molar-refractivity contribution is 0.355. The molecule has 0 amide bonds. The molecule has 0 aromatic heterocycles. The number of aryl methyl sites for hydroxylation is 2. The van der Waals surface area contributed by atoms with Crippen molar-refractivity contribution in [2.75, 3.05) is 38.5 Å². The summed E-state index contributed by atoms with van der Waals surface area (Å²) in [6.45, 7) is 5.78. The maximum Gasteiger partial charge on any atom is 0.243 e. The Morgan fingerprint density at radius 3 is 2.38 bits per heavy atom.